The summed E-state index contributed by atoms with van der Waals surface area (Å²) >= 11 is 0. The van der Waals surface area contributed by atoms with E-state index in [1.807, 2.05) is 6.92 Å². The molecule has 0 fully saturated rings. The lowest BCUT2D eigenvalue weighted by Crippen LogP contribution is -2.32. The topological polar surface area (TPSA) is 93.1 Å². The number of carboxylic acids is 1. The van der Waals surface area contributed by atoms with E-state index in [0.29, 0.717) is 16.9 Å². The molecule has 0 aliphatic carbocycles. The highest BCUT2D eigenvalue weighted by Gasteiger charge is 2.26. The summed E-state index contributed by atoms with van der Waals surface area (Å²) in [7, 11) is -0.713. The van der Waals surface area contributed by atoms with Crippen LogP contribution in [-0.4, -0.2) is 57.7 Å². The Morgan fingerprint density at radius 1 is 1.26 bits per heavy atom. The van der Waals surface area contributed by atoms with Crippen molar-refractivity contribution in [3.63, 3.8) is 0 Å². The third-order valence-corrected chi connectivity index (χ3v) is 5.79. The minimum atomic E-state index is -3.70. The average Bonchev–Trinajstić information content (AvgIpc) is 2.46. The second-order valence-electron chi connectivity index (χ2n) is 5.25. The molecule has 1 N–H and O–H groups in total. The number of aryl methyl sites for hydroxylation is 1. The van der Waals surface area contributed by atoms with Gasteiger partial charge < -0.3 is 14.6 Å². The smallest absolute Gasteiger partial charge is 0.329 e. The van der Waals surface area contributed by atoms with Gasteiger partial charge in [-0.3, -0.25) is 0 Å². The first-order valence-electron chi connectivity index (χ1n) is 7.03. The van der Waals surface area contributed by atoms with Crippen molar-refractivity contribution in [3.8, 4) is 5.75 Å². The molecule has 1 aromatic rings. The summed E-state index contributed by atoms with van der Waals surface area (Å²) in [5.41, 5.74) is 2.01. The van der Waals surface area contributed by atoms with E-state index in [0.717, 1.165) is 9.87 Å². The van der Waals surface area contributed by atoms with Crippen molar-refractivity contribution in [1.82, 2.24) is 4.31 Å². The maximum Gasteiger partial charge on any atom is 0.329 e. The van der Waals surface area contributed by atoms with Crippen molar-refractivity contribution in [3.05, 3.63) is 22.8 Å². The second-order valence-corrected chi connectivity index (χ2v) is 7.23. The Labute approximate surface area is 136 Å². The number of aliphatic carboxylic acids is 1. The van der Waals surface area contributed by atoms with Crippen LogP contribution in [0.25, 0.3) is 0 Å². The van der Waals surface area contributed by atoms with E-state index in [9.17, 15) is 13.2 Å². The number of hydrogen-bond acceptors (Lipinski definition) is 5. The number of benzene rings is 1. The Kier molecular flexibility index (Phi) is 6.55. The third kappa shape index (κ3) is 4.43. The molecule has 0 unspecified atom stereocenters. The Hall–Kier alpha value is -1.64. The van der Waals surface area contributed by atoms with Crippen LogP contribution in [0.5, 0.6) is 5.75 Å². The van der Waals surface area contributed by atoms with Gasteiger partial charge in [-0.15, -0.1) is 0 Å². The van der Waals surface area contributed by atoms with Crippen LogP contribution in [0.1, 0.15) is 16.7 Å². The lowest BCUT2D eigenvalue weighted by atomic mass is 10.1. The van der Waals surface area contributed by atoms with Gasteiger partial charge in [0, 0.05) is 13.6 Å². The van der Waals surface area contributed by atoms with Gasteiger partial charge >= 0.3 is 5.97 Å². The summed E-state index contributed by atoms with van der Waals surface area (Å²) < 4.78 is 36.8. The SMILES string of the molecule is COc1cc(C)c(S(=O)(=O)N(C)CCOCC(=O)O)c(C)c1C. The Morgan fingerprint density at radius 3 is 2.39 bits per heavy atom. The molecule has 0 aromatic heterocycles. The van der Waals surface area contributed by atoms with Crippen LogP contribution >= 0.6 is 0 Å². The first-order valence-corrected chi connectivity index (χ1v) is 8.47. The first-order chi connectivity index (χ1) is 10.6. The van der Waals surface area contributed by atoms with E-state index < -0.39 is 22.6 Å². The highest BCUT2D eigenvalue weighted by Crippen LogP contribution is 2.31. The fourth-order valence-corrected chi connectivity index (χ4v) is 3.89. The molecule has 0 saturated carbocycles. The van der Waals surface area contributed by atoms with Gasteiger partial charge in [-0.2, -0.15) is 4.31 Å². The molecule has 0 spiro atoms. The normalized spacial score (nSPS) is 11.7. The predicted molar refractivity (Wildman–Crippen MR) is 85.5 cm³/mol. The highest BCUT2D eigenvalue weighted by atomic mass is 32.2. The van der Waals surface area contributed by atoms with Crippen molar-refractivity contribution in [2.45, 2.75) is 25.7 Å². The maximum atomic E-state index is 12.8. The lowest BCUT2D eigenvalue weighted by Gasteiger charge is -2.22. The Bertz CT molecular complexity index is 684. The number of ether oxygens (including phenoxy) is 2. The van der Waals surface area contributed by atoms with Crippen LogP contribution in [0.3, 0.4) is 0 Å². The zero-order valence-corrected chi connectivity index (χ0v) is 14.9. The molecular formula is C15H23NO6S. The number of methoxy groups -OCH3 is 1. The molecule has 0 atom stereocenters. The first kappa shape index (κ1) is 19.4. The number of carbonyl (C=O) groups is 1. The molecule has 0 aliphatic heterocycles. The zero-order chi connectivity index (χ0) is 17.8. The van der Waals surface area contributed by atoms with Gasteiger partial charge in [0.2, 0.25) is 10.0 Å². The van der Waals surface area contributed by atoms with Crippen molar-refractivity contribution >= 4 is 16.0 Å². The van der Waals surface area contributed by atoms with E-state index in [1.54, 1.807) is 27.0 Å². The van der Waals surface area contributed by atoms with E-state index in [2.05, 4.69) is 0 Å². The molecule has 130 valence electrons. The molecule has 0 saturated heterocycles. The minimum Gasteiger partial charge on any atom is -0.496 e. The average molecular weight is 345 g/mol. The Morgan fingerprint density at radius 2 is 1.87 bits per heavy atom. The molecule has 0 heterocycles. The molecule has 7 nitrogen and oxygen atoms in total. The van der Waals surface area contributed by atoms with Crippen molar-refractivity contribution in [1.29, 1.82) is 0 Å². The van der Waals surface area contributed by atoms with Gasteiger partial charge in [0.1, 0.15) is 12.4 Å². The van der Waals surface area contributed by atoms with Crippen molar-refractivity contribution in [2.24, 2.45) is 0 Å². The van der Waals surface area contributed by atoms with Gasteiger partial charge in [0.15, 0.2) is 0 Å². The van der Waals surface area contributed by atoms with Gasteiger partial charge in [-0.25, -0.2) is 13.2 Å². The van der Waals surface area contributed by atoms with Gasteiger partial charge in [-0.05, 0) is 43.5 Å². The van der Waals surface area contributed by atoms with Crippen LogP contribution in [0, 0.1) is 20.8 Å². The van der Waals surface area contributed by atoms with Crippen LogP contribution in [0.2, 0.25) is 0 Å². The summed E-state index contributed by atoms with van der Waals surface area (Å²) in [6.07, 6.45) is 0. The molecule has 1 rings (SSSR count). The van der Waals surface area contributed by atoms with E-state index in [4.69, 9.17) is 14.6 Å². The molecule has 0 bridgehead atoms. The predicted octanol–water partition coefficient (Wildman–Crippen LogP) is 1.34. The molecule has 1 aromatic carbocycles. The minimum absolute atomic E-state index is 0.00919. The van der Waals surface area contributed by atoms with E-state index >= 15 is 0 Å². The van der Waals surface area contributed by atoms with Crippen molar-refractivity contribution < 1.29 is 27.8 Å². The third-order valence-electron chi connectivity index (χ3n) is 3.64. The highest BCUT2D eigenvalue weighted by molar-refractivity contribution is 7.89. The van der Waals surface area contributed by atoms with Gasteiger partial charge in [-0.1, -0.05) is 0 Å². The second kappa shape index (κ2) is 7.76. The zero-order valence-electron chi connectivity index (χ0n) is 14.0. The maximum absolute atomic E-state index is 12.8. The van der Waals surface area contributed by atoms with Crippen LogP contribution in [0.15, 0.2) is 11.0 Å². The molecule has 8 heteroatoms. The summed E-state index contributed by atoms with van der Waals surface area (Å²) in [4.78, 5) is 10.6. The number of carboxylic acid groups (broad SMARTS) is 1. The Balaban J connectivity index is 3.04. The summed E-state index contributed by atoms with van der Waals surface area (Å²) in [5, 5.41) is 8.50. The molecule has 0 amide bonds. The number of nitrogens with zero attached hydrogens (tertiary/aromatic N) is 1. The number of sulfonamides is 1. The van der Waals surface area contributed by atoms with Crippen LogP contribution < -0.4 is 4.74 Å². The van der Waals surface area contributed by atoms with Crippen LogP contribution in [-0.2, 0) is 19.6 Å². The number of likely N-dealkylation sites (N-methyl/N-ethyl adjacent to an activating group) is 1. The number of hydrogen-bond donors (Lipinski definition) is 1. The summed E-state index contributed by atoms with van der Waals surface area (Å²) in [6, 6.07) is 1.70. The number of rotatable bonds is 8. The molecule has 0 radical (unpaired) electrons. The van der Waals surface area contributed by atoms with Crippen molar-refractivity contribution in [2.75, 3.05) is 33.9 Å². The quantitative estimate of drug-likeness (QED) is 0.715. The van der Waals surface area contributed by atoms with Crippen LogP contribution in [0.4, 0.5) is 0 Å². The summed E-state index contributed by atoms with van der Waals surface area (Å²) in [5.74, 6) is -0.445. The molecule has 0 aliphatic rings. The van der Waals surface area contributed by atoms with Gasteiger partial charge in [0.25, 0.3) is 0 Å². The fourth-order valence-electron chi connectivity index (χ4n) is 2.26. The monoisotopic (exact) mass is 345 g/mol. The van der Waals surface area contributed by atoms with E-state index in [-0.39, 0.29) is 18.0 Å². The van der Waals surface area contributed by atoms with E-state index in [1.165, 1.54) is 7.05 Å². The molecule has 23 heavy (non-hydrogen) atoms. The largest absolute Gasteiger partial charge is 0.496 e. The summed E-state index contributed by atoms with van der Waals surface area (Å²) in [6.45, 7) is 4.90. The van der Waals surface area contributed by atoms with Gasteiger partial charge in [0.05, 0.1) is 18.6 Å². The lowest BCUT2D eigenvalue weighted by molar-refractivity contribution is -0.142. The molecular weight excluding hydrogens is 322 g/mol. The standard InChI is InChI=1S/C15H23NO6S/c1-10-8-13(21-5)11(2)12(3)15(10)23(19,20)16(4)6-7-22-9-14(17)18/h8H,6-7,9H2,1-5H3,(H,17,18). The fraction of sp³-hybridized carbons (Fsp3) is 0.533.